The largest absolute Gasteiger partial charge is 0.481 e. The normalized spacial score (nSPS) is 11.5. The molecule has 116 valence electrons. The zero-order valence-corrected chi connectivity index (χ0v) is 11.9. The van der Waals surface area contributed by atoms with Crippen molar-refractivity contribution in [1.82, 2.24) is 16.0 Å². The van der Waals surface area contributed by atoms with E-state index in [9.17, 15) is 14.4 Å². The van der Waals surface area contributed by atoms with Gasteiger partial charge in [-0.15, -0.1) is 0 Å². The Bertz CT molecular complexity index is 322. The van der Waals surface area contributed by atoms with Gasteiger partial charge in [-0.2, -0.15) is 0 Å². The second-order valence-electron chi connectivity index (χ2n) is 4.20. The molecule has 0 saturated carbocycles. The number of ether oxygens (including phenoxy) is 1. The number of amides is 3. The Kier molecular flexibility index (Phi) is 10.0. The SMILES string of the molecule is CCC(CC(=O)O)NC(=O)NCCC(=O)NCCOC. The Labute approximate surface area is 118 Å². The number of hydrogen-bond acceptors (Lipinski definition) is 4. The third kappa shape index (κ3) is 10.1. The van der Waals surface area contributed by atoms with E-state index in [1.54, 1.807) is 14.0 Å². The minimum atomic E-state index is -0.963. The fraction of sp³-hybridized carbons (Fsp3) is 0.750. The van der Waals surface area contributed by atoms with E-state index in [1.807, 2.05) is 0 Å². The molecule has 0 aliphatic heterocycles. The summed E-state index contributed by atoms with van der Waals surface area (Å²) in [7, 11) is 1.54. The van der Waals surface area contributed by atoms with Crippen molar-refractivity contribution in [3.05, 3.63) is 0 Å². The molecular weight excluding hydrogens is 266 g/mol. The zero-order chi connectivity index (χ0) is 15.4. The van der Waals surface area contributed by atoms with E-state index < -0.39 is 18.0 Å². The molecule has 1 unspecified atom stereocenters. The molecule has 8 heteroatoms. The number of carboxylic acid groups (broad SMARTS) is 1. The lowest BCUT2D eigenvalue weighted by Crippen LogP contribution is -2.43. The highest BCUT2D eigenvalue weighted by Crippen LogP contribution is 1.96. The van der Waals surface area contributed by atoms with E-state index in [0.29, 0.717) is 19.6 Å². The van der Waals surface area contributed by atoms with Crippen LogP contribution >= 0.6 is 0 Å². The van der Waals surface area contributed by atoms with Crippen LogP contribution in [0.25, 0.3) is 0 Å². The first-order valence-corrected chi connectivity index (χ1v) is 6.51. The summed E-state index contributed by atoms with van der Waals surface area (Å²) >= 11 is 0. The summed E-state index contributed by atoms with van der Waals surface area (Å²) in [5.74, 6) is -1.14. The summed E-state index contributed by atoms with van der Waals surface area (Å²) in [6, 6.07) is -0.883. The van der Waals surface area contributed by atoms with Crippen LogP contribution in [0.4, 0.5) is 4.79 Å². The highest BCUT2D eigenvalue weighted by atomic mass is 16.5. The fourth-order valence-electron chi connectivity index (χ4n) is 1.42. The molecular formula is C12H23N3O5. The van der Waals surface area contributed by atoms with Gasteiger partial charge in [0.1, 0.15) is 0 Å². The Morgan fingerprint density at radius 2 is 1.90 bits per heavy atom. The minimum absolute atomic E-state index is 0.124. The van der Waals surface area contributed by atoms with E-state index in [1.165, 1.54) is 0 Å². The minimum Gasteiger partial charge on any atom is -0.481 e. The topological polar surface area (TPSA) is 117 Å². The number of hydrogen-bond donors (Lipinski definition) is 4. The molecule has 4 N–H and O–H groups in total. The van der Waals surface area contributed by atoms with Gasteiger partial charge >= 0.3 is 12.0 Å². The highest BCUT2D eigenvalue weighted by Gasteiger charge is 2.13. The molecule has 0 saturated heterocycles. The second kappa shape index (κ2) is 11.0. The van der Waals surface area contributed by atoms with Gasteiger partial charge in [0.05, 0.1) is 13.0 Å². The third-order valence-corrected chi connectivity index (χ3v) is 2.52. The fourth-order valence-corrected chi connectivity index (χ4v) is 1.42. The van der Waals surface area contributed by atoms with Gasteiger partial charge in [0.15, 0.2) is 0 Å². The van der Waals surface area contributed by atoms with E-state index in [0.717, 1.165) is 0 Å². The smallest absolute Gasteiger partial charge is 0.315 e. The van der Waals surface area contributed by atoms with Gasteiger partial charge < -0.3 is 25.8 Å². The molecule has 0 rings (SSSR count). The summed E-state index contributed by atoms with van der Waals surface area (Å²) in [6.07, 6.45) is 0.561. The maximum atomic E-state index is 11.5. The standard InChI is InChI=1S/C12H23N3O5/c1-3-9(8-11(17)18)15-12(19)14-5-4-10(16)13-6-7-20-2/h9H,3-8H2,1-2H3,(H,13,16)(H,17,18)(H2,14,15,19). The predicted molar refractivity (Wildman–Crippen MR) is 72.4 cm³/mol. The molecule has 0 radical (unpaired) electrons. The maximum Gasteiger partial charge on any atom is 0.315 e. The Balaban J connectivity index is 3.76. The Morgan fingerprint density at radius 3 is 2.45 bits per heavy atom. The van der Waals surface area contributed by atoms with E-state index in [2.05, 4.69) is 16.0 Å². The highest BCUT2D eigenvalue weighted by molar-refractivity contribution is 5.78. The summed E-state index contributed by atoms with van der Waals surface area (Å²) < 4.78 is 4.78. The van der Waals surface area contributed by atoms with Crippen LogP contribution in [-0.4, -0.2) is 55.9 Å². The predicted octanol–water partition coefficient (Wildman–Crippen LogP) is -0.308. The maximum absolute atomic E-state index is 11.5. The van der Waals surface area contributed by atoms with Gasteiger partial charge in [0, 0.05) is 32.7 Å². The quantitative estimate of drug-likeness (QED) is 0.412. The number of aliphatic carboxylic acids is 1. The molecule has 0 aromatic rings. The van der Waals surface area contributed by atoms with Crippen LogP contribution < -0.4 is 16.0 Å². The lowest BCUT2D eigenvalue weighted by Gasteiger charge is -2.15. The Morgan fingerprint density at radius 1 is 1.20 bits per heavy atom. The van der Waals surface area contributed by atoms with Crippen molar-refractivity contribution in [2.75, 3.05) is 26.8 Å². The summed E-state index contributed by atoms with van der Waals surface area (Å²) in [4.78, 5) is 33.3. The van der Waals surface area contributed by atoms with E-state index in [4.69, 9.17) is 9.84 Å². The molecule has 0 aromatic carbocycles. The zero-order valence-electron chi connectivity index (χ0n) is 11.9. The van der Waals surface area contributed by atoms with Crippen molar-refractivity contribution in [3.8, 4) is 0 Å². The van der Waals surface area contributed by atoms with Crippen LogP contribution in [0.5, 0.6) is 0 Å². The van der Waals surface area contributed by atoms with Gasteiger partial charge in [-0.3, -0.25) is 9.59 Å². The summed E-state index contributed by atoms with van der Waals surface area (Å²) in [5.41, 5.74) is 0. The van der Waals surface area contributed by atoms with Crippen molar-refractivity contribution < 1.29 is 24.2 Å². The molecule has 0 aromatic heterocycles. The van der Waals surface area contributed by atoms with Crippen molar-refractivity contribution >= 4 is 17.9 Å². The summed E-state index contributed by atoms with van der Waals surface area (Å²) in [6.45, 7) is 2.84. The number of carboxylic acids is 1. The van der Waals surface area contributed by atoms with Gasteiger partial charge in [0.2, 0.25) is 5.91 Å². The van der Waals surface area contributed by atoms with Crippen LogP contribution in [0, 0.1) is 0 Å². The first kappa shape index (κ1) is 18.2. The van der Waals surface area contributed by atoms with Crippen LogP contribution in [0.3, 0.4) is 0 Å². The number of urea groups is 1. The molecule has 20 heavy (non-hydrogen) atoms. The van der Waals surface area contributed by atoms with Crippen molar-refractivity contribution in [2.45, 2.75) is 32.2 Å². The molecule has 0 aliphatic carbocycles. The van der Waals surface area contributed by atoms with Crippen molar-refractivity contribution in [1.29, 1.82) is 0 Å². The monoisotopic (exact) mass is 289 g/mol. The molecule has 3 amide bonds. The average Bonchev–Trinajstić information content (AvgIpc) is 2.37. The third-order valence-electron chi connectivity index (χ3n) is 2.52. The lowest BCUT2D eigenvalue weighted by atomic mass is 10.1. The van der Waals surface area contributed by atoms with Gasteiger partial charge in [-0.05, 0) is 6.42 Å². The number of methoxy groups -OCH3 is 1. The molecule has 0 bridgehead atoms. The summed E-state index contributed by atoms with van der Waals surface area (Å²) in [5, 5.41) is 16.3. The molecule has 0 fully saturated rings. The molecule has 1 atom stereocenters. The van der Waals surface area contributed by atoms with Gasteiger partial charge in [-0.1, -0.05) is 6.92 Å². The van der Waals surface area contributed by atoms with Crippen LogP contribution in [0.15, 0.2) is 0 Å². The molecule has 8 nitrogen and oxygen atoms in total. The number of nitrogens with one attached hydrogen (secondary N) is 3. The number of rotatable bonds is 10. The van der Waals surface area contributed by atoms with Crippen LogP contribution in [-0.2, 0) is 14.3 Å². The van der Waals surface area contributed by atoms with Crippen LogP contribution in [0.1, 0.15) is 26.2 Å². The average molecular weight is 289 g/mol. The first-order chi connectivity index (χ1) is 9.49. The number of carbonyl (C=O) groups is 3. The van der Waals surface area contributed by atoms with Crippen molar-refractivity contribution in [2.24, 2.45) is 0 Å². The van der Waals surface area contributed by atoms with Gasteiger partial charge in [-0.25, -0.2) is 4.79 Å². The number of carbonyl (C=O) groups excluding carboxylic acids is 2. The molecule has 0 spiro atoms. The van der Waals surface area contributed by atoms with Crippen molar-refractivity contribution in [3.63, 3.8) is 0 Å². The Hall–Kier alpha value is -1.83. The lowest BCUT2D eigenvalue weighted by molar-refractivity contribution is -0.137. The second-order valence-corrected chi connectivity index (χ2v) is 4.20. The van der Waals surface area contributed by atoms with Crippen LogP contribution in [0.2, 0.25) is 0 Å². The first-order valence-electron chi connectivity index (χ1n) is 6.51. The van der Waals surface area contributed by atoms with E-state index >= 15 is 0 Å². The van der Waals surface area contributed by atoms with E-state index in [-0.39, 0.29) is 25.3 Å². The molecule has 0 heterocycles. The molecule has 0 aliphatic rings. The van der Waals surface area contributed by atoms with Gasteiger partial charge in [0.25, 0.3) is 0 Å².